The number of anilines is 1. The number of nitriles is 1. The number of benzene rings is 1. The molecule has 0 aromatic heterocycles. The summed E-state index contributed by atoms with van der Waals surface area (Å²) in [4.78, 5) is 11.1. The Kier molecular flexibility index (Phi) is 5.19. The van der Waals surface area contributed by atoms with Gasteiger partial charge in [-0.3, -0.25) is 5.43 Å². The SMILES string of the molecule is CCOc1cccc(NN=C(C#N)C(=O)OC)c1. The van der Waals surface area contributed by atoms with Crippen LogP contribution in [0.25, 0.3) is 0 Å². The predicted molar refractivity (Wildman–Crippen MR) is 66.3 cm³/mol. The number of ether oxygens (including phenoxy) is 2. The normalized spacial score (nSPS) is 10.4. The number of hydrogen-bond acceptors (Lipinski definition) is 6. The van der Waals surface area contributed by atoms with Crippen molar-refractivity contribution in [2.24, 2.45) is 5.10 Å². The van der Waals surface area contributed by atoms with E-state index in [1.165, 1.54) is 7.11 Å². The summed E-state index contributed by atoms with van der Waals surface area (Å²) in [5.41, 5.74) is 2.86. The Bertz CT molecular complexity index is 492. The summed E-state index contributed by atoms with van der Waals surface area (Å²) in [6, 6.07) is 8.65. The number of hydrazone groups is 1. The Labute approximate surface area is 105 Å². The summed E-state index contributed by atoms with van der Waals surface area (Å²) in [5.74, 6) is -0.111. The first-order chi connectivity index (χ1) is 8.71. The van der Waals surface area contributed by atoms with Crippen molar-refractivity contribution in [1.29, 1.82) is 5.26 Å². The predicted octanol–water partition coefficient (Wildman–Crippen LogP) is 1.55. The van der Waals surface area contributed by atoms with Crippen LogP contribution in [-0.2, 0) is 9.53 Å². The van der Waals surface area contributed by atoms with Crippen LogP contribution in [0, 0.1) is 11.3 Å². The smallest absolute Gasteiger partial charge is 0.369 e. The second kappa shape index (κ2) is 6.91. The van der Waals surface area contributed by atoms with E-state index in [2.05, 4.69) is 15.3 Å². The molecular formula is C12H13N3O3. The number of carbonyl (C=O) groups is 1. The van der Waals surface area contributed by atoms with Crippen molar-refractivity contribution < 1.29 is 14.3 Å². The van der Waals surface area contributed by atoms with Gasteiger partial charge in [-0.05, 0) is 19.1 Å². The van der Waals surface area contributed by atoms with Crippen molar-refractivity contribution in [2.45, 2.75) is 6.92 Å². The maximum absolute atomic E-state index is 11.1. The molecule has 0 heterocycles. The molecule has 1 aromatic carbocycles. The Balaban J connectivity index is 2.78. The van der Waals surface area contributed by atoms with Gasteiger partial charge in [-0.15, -0.1) is 0 Å². The zero-order valence-electron chi connectivity index (χ0n) is 10.1. The van der Waals surface area contributed by atoms with Crippen LogP contribution in [0.1, 0.15) is 6.92 Å². The van der Waals surface area contributed by atoms with Gasteiger partial charge >= 0.3 is 5.97 Å². The van der Waals surface area contributed by atoms with Gasteiger partial charge < -0.3 is 9.47 Å². The molecule has 0 aliphatic heterocycles. The van der Waals surface area contributed by atoms with Gasteiger partial charge in [0.2, 0.25) is 5.71 Å². The molecule has 1 N–H and O–H groups in total. The Hall–Kier alpha value is -2.55. The Morgan fingerprint density at radius 1 is 1.56 bits per heavy atom. The van der Waals surface area contributed by atoms with Crippen LogP contribution in [0.2, 0.25) is 0 Å². The number of carbonyl (C=O) groups excluding carboxylic acids is 1. The van der Waals surface area contributed by atoms with Crippen LogP contribution in [0.5, 0.6) is 5.75 Å². The number of rotatable bonds is 5. The first kappa shape index (κ1) is 13.5. The second-order valence-electron chi connectivity index (χ2n) is 3.14. The average Bonchev–Trinajstić information content (AvgIpc) is 2.40. The quantitative estimate of drug-likeness (QED) is 0.485. The van der Waals surface area contributed by atoms with Crippen molar-refractivity contribution in [2.75, 3.05) is 19.1 Å². The van der Waals surface area contributed by atoms with Gasteiger partial charge in [0.25, 0.3) is 0 Å². The van der Waals surface area contributed by atoms with E-state index in [0.29, 0.717) is 18.0 Å². The third kappa shape index (κ3) is 3.79. The number of esters is 1. The summed E-state index contributed by atoms with van der Waals surface area (Å²) >= 11 is 0. The fourth-order valence-corrected chi connectivity index (χ4v) is 1.16. The van der Waals surface area contributed by atoms with Crippen LogP contribution in [-0.4, -0.2) is 25.4 Å². The van der Waals surface area contributed by atoms with Crippen molar-refractivity contribution >= 4 is 17.4 Å². The highest BCUT2D eigenvalue weighted by atomic mass is 16.5. The van der Waals surface area contributed by atoms with Crippen LogP contribution in [0.3, 0.4) is 0 Å². The lowest BCUT2D eigenvalue weighted by Crippen LogP contribution is -2.15. The maximum Gasteiger partial charge on any atom is 0.369 e. The van der Waals surface area contributed by atoms with E-state index in [9.17, 15) is 4.79 Å². The number of methoxy groups -OCH3 is 1. The van der Waals surface area contributed by atoms with Crippen LogP contribution < -0.4 is 10.2 Å². The topological polar surface area (TPSA) is 83.7 Å². The first-order valence-electron chi connectivity index (χ1n) is 5.26. The molecule has 0 saturated heterocycles. The molecule has 0 fully saturated rings. The fraction of sp³-hybridized carbons (Fsp3) is 0.250. The molecule has 0 aliphatic rings. The lowest BCUT2D eigenvalue weighted by atomic mass is 10.3. The molecule has 6 heteroatoms. The van der Waals surface area contributed by atoms with Crippen LogP contribution in [0.4, 0.5) is 5.69 Å². The monoisotopic (exact) mass is 247 g/mol. The van der Waals surface area contributed by atoms with E-state index in [-0.39, 0.29) is 5.71 Å². The van der Waals surface area contributed by atoms with E-state index >= 15 is 0 Å². The lowest BCUT2D eigenvalue weighted by Gasteiger charge is -2.05. The average molecular weight is 247 g/mol. The molecule has 0 atom stereocenters. The van der Waals surface area contributed by atoms with Crippen molar-refractivity contribution in [3.05, 3.63) is 24.3 Å². The third-order valence-electron chi connectivity index (χ3n) is 1.93. The summed E-state index contributed by atoms with van der Waals surface area (Å²) in [6.45, 7) is 2.43. The molecule has 94 valence electrons. The number of nitrogens with zero attached hydrogens (tertiary/aromatic N) is 2. The van der Waals surface area contributed by atoms with Gasteiger partial charge in [0, 0.05) is 6.07 Å². The summed E-state index contributed by atoms with van der Waals surface area (Å²) in [7, 11) is 1.19. The van der Waals surface area contributed by atoms with E-state index < -0.39 is 5.97 Å². The Morgan fingerprint density at radius 2 is 2.33 bits per heavy atom. The summed E-state index contributed by atoms with van der Waals surface area (Å²) < 4.78 is 9.70. The highest BCUT2D eigenvalue weighted by Crippen LogP contribution is 2.17. The third-order valence-corrected chi connectivity index (χ3v) is 1.93. The van der Waals surface area contributed by atoms with E-state index in [1.54, 1.807) is 30.3 Å². The molecular weight excluding hydrogens is 234 g/mol. The second-order valence-corrected chi connectivity index (χ2v) is 3.14. The molecule has 0 amide bonds. The van der Waals surface area contributed by atoms with E-state index in [1.807, 2.05) is 6.92 Å². The minimum atomic E-state index is -0.786. The zero-order valence-corrected chi connectivity index (χ0v) is 10.1. The number of nitrogens with one attached hydrogen (secondary N) is 1. The largest absolute Gasteiger partial charge is 0.494 e. The fourth-order valence-electron chi connectivity index (χ4n) is 1.16. The first-order valence-corrected chi connectivity index (χ1v) is 5.26. The lowest BCUT2D eigenvalue weighted by molar-refractivity contribution is -0.132. The van der Waals surface area contributed by atoms with Gasteiger partial charge in [-0.2, -0.15) is 10.4 Å². The minimum absolute atomic E-state index is 0.348. The van der Waals surface area contributed by atoms with Gasteiger partial charge in [0.1, 0.15) is 11.8 Å². The maximum atomic E-state index is 11.1. The van der Waals surface area contributed by atoms with Gasteiger partial charge in [-0.1, -0.05) is 6.07 Å². The van der Waals surface area contributed by atoms with Crippen LogP contribution in [0.15, 0.2) is 29.4 Å². The van der Waals surface area contributed by atoms with E-state index in [4.69, 9.17) is 10.00 Å². The van der Waals surface area contributed by atoms with Gasteiger partial charge in [0.15, 0.2) is 0 Å². The summed E-state index contributed by atoms with van der Waals surface area (Å²) in [6.07, 6.45) is 0. The Morgan fingerprint density at radius 3 is 2.94 bits per heavy atom. The van der Waals surface area contributed by atoms with Crippen molar-refractivity contribution in [3.8, 4) is 11.8 Å². The molecule has 0 unspecified atom stereocenters. The van der Waals surface area contributed by atoms with E-state index in [0.717, 1.165) is 0 Å². The standard InChI is InChI=1S/C12H13N3O3/c1-3-18-10-6-4-5-9(7-10)14-15-11(8-13)12(16)17-2/h4-7,14H,3H2,1-2H3. The van der Waals surface area contributed by atoms with Crippen molar-refractivity contribution in [3.63, 3.8) is 0 Å². The highest BCUT2D eigenvalue weighted by molar-refractivity contribution is 6.43. The summed E-state index contributed by atoms with van der Waals surface area (Å²) in [5, 5.41) is 12.4. The zero-order chi connectivity index (χ0) is 13.4. The molecule has 0 aliphatic carbocycles. The van der Waals surface area contributed by atoms with Gasteiger partial charge in [-0.25, -0.2) is 4.79 Å². The van der Waals surface area contributed by atoms with Crippen LogP contribution >= 0.6 is 0 Å². The molecule has 0 radical (unpaired) electrons. The minimum Gasteiger partial charge on any atom is -0.494 e. The molecule has 1 rings (SSSR count). The molecule has 0 spiro atoms. The number of hydrogen-bond donors (Lipinski definition) is 1. The highest BCUT2D eigenvalue weighted by Gasteiger charge is 2.10. The van der Waals surface area contributed by atoms with Crippen molar-refractivity contribution in [1.82, 2.24) is 0 Å². The molecule has 0 saturated carbocycles. The molecule has 0 bridgehead atoms. The molecule has 18 heavy (non-hydrogen) atoms. The molecule has 6 nitrogen and oxygen atoms in total. The molecule has 1 aromatic rings. The van der Waals surface area contributed by atoms with Gasteiger partial charge in [0.05, 0.1) is 19.4 Å².